The lowest BCUT2D eigenvalue weighted by atomic mass is 9.94. The zero-order valence-corrected chi connectivity index (χ0v) is 17.9. The van der Waals surface area contributed by atoms with E-state index < -0.39 is 11.8 Å². The van der Waals surface area contributed by atoms with Gasteiger partial charge in [0.2, 0.25) is 5.82 Å². The van der Waals surface area contributed by atoms with Crippen molar-refractivity contribution in [1.29, 1.82) is 0 Å². The Hall–Kier alpha value is -3.84. The molecule has 4 aromatic rings. The third kappa shape index (κ3) is 4.15. The maximum absolute atomic E-state index is 14.3. The predicted octanol–water partition coefficient (Wildman–Crippen LogP) is 5.45. The number of hydrogen-bond acceptors (Lipinski definition) is 6. The number of carbonyl (C=O) groups excluding carboxylic acids is 1. The molecule has 0 N–H and O–H groups in total. The average Bonchev–Trinajstić information content (AvgIpc) is 3.30. The van der Waals surface area contributed by atoms with Gasteiger partial charge in [-0.15, -0.1) is 0 Å². The quantitative estimate of drug-likeness (QED) is 0.377. The topological polar surface area (TPSA) is 74.5 Å². The summed E-state index contributed by atoms with van der Waals surface area (Å²) in [6.07, 6.45) is 0. The molecule has 0 radical (unpaired) electrons. The zero-order chi connectivity index (χ0) is 22.7. The Bertz CT molecular complexity index is 1280. The fourth-order valence-electron chi connectivity index (χ4n) is 3.53. The van der Waals surface area contributed by atoms with Gasteiger partial charge in [-0.3, -0.25) is 0 Å². The summed E-state index contributed by atoms with van der Waals surface area (Å²) in [5, 5.41) is 3.97. The monoisotopic (exact) mass is 432 g/mol. The van der Waals surface area contributed by atoms with Gasteiger partial charge in [0.15, 0.2) is 0 Å². The van der Waals surface area contributed by atoms with Gasteiger partial charge >= 0.3 is 5.97 Å². The second kappa shape index (κ2) is 9.11. The van der Waals surface area contributed by atoms with Crippen molar-refractivity contribution in [3.05, 3.63) is 83.2 Å². The number of methoxy groups -OCH3 is 2. The molecule has 4 rings (SSSR count). The number of aromatic nitrogens is 2. The molecule has 0 amide bonds. The van der Waals surface area contributed by atoms with Crippen LogP contribution in [0, 0.1) is 12.7 Å². The average molecular weight is 432 g/mol. The summed E-state index contributed by atoms with van der Waals surface area (Å²) in [5.74, 6) is -0.953. The molecule has 0 spiro atoms. The van der Waals surface area contributed by atoms with Crippen LogP contribution in [0.25, 0.3) is 34.0 Å². The molecule has 0 saturated heterocycles. The fourth-order valence-corrected chi connectivity index (χ4v) is 3.53. The van der Waals surface area contributed by atoms with Crippen molar-refractivity contribution in [2.45, 2.75) is 13.5 Å². The third-order valence-corrected chi connectivity index (χ3v) is 5.15. The number of esters is 1. The normalized spacial score (nSPS) is 10.9. The van der Waals surface area contributed by atoms with Gasteiger partial charge in [0, 0.05) is 18.2 Å². The summed E-state index contributed by atoms with van der Waals surface area (Å²) in [4.78, 5) is 16.0. The van der Waals surface area contributed by atoms with Crippen molar-refractivity contribution in [1.82, 2.24) is 10.1 Å². The van der Waals surface area contributed by atoms with Crippen molar-refractivity contribution in [3.63, 3.8) is 0 Å². The van der Waals surface area contributed by atoms with Crippen LogP contribution in [0.3, 0.4) is 0 Å². The molecule has 0 unspecified atom stereocenters. The van der Waals surface area contributed by atoms with E-state index in [1.165, 1.54) is 19.2 Å². The first-order valence-corrected chi connectivity index (χ1v) is 9.92. The number of aryl methyl sites for hydroxylation is 1. The molecule has 3 aromatic carbocycles. The van der Waals surface area contributed by atoms with Crippen molar-refractivity contribution >= 4 is 5.97 Å². The Kier molecular flexibility index (Phi) is 6.09. The number of carbonyl (C=O) groups is 1. The van der Waals surface area contributed by atoms with E-state index in [2.05, 4.69) is 33.9 Å². The highest BCUT2D eigenvalue weighted by Crippen LogP contribution is 2.32. The molecule has 1 aromatic heterocycles. The highest BCUT2D eigenvalue weighted by molar-refractivity contribution is 5.90. The minimum atomic E-state index is -0.748. The lowest BCUT2D eigenvalue weighted by molar-refractivity contribution is 0.0595. The minimum Gasteiger partial charge on any atom is -0.465 e. The summed E-state index contributed by atoms with van der Waals surface area (Å²) in [7, 11) is 2.84. The summed E-state index contributed by atoms with van der Waals surface area (Å²) in [6.45, 7) is 2.48. The highest BCUT2D eigenvalue weighted by Gasteiger charge is 2.17. The first-order chi connectivity index (χ1) is 15.5. The number of nitrogens with zero attached hydrogens (tertiary/aromatic N) is 2. The summed E-state index contributed by atoms with van der Waals surface area (Å²) in [5.41, 5.74) is 5.28. The molecular weight excluding hydrogens is 411 g/mol. The van der Waals surface area contributed by atoms with Gasteiger partial charge in [0.25, 0.3) is 5.89 Å². The molecule has 0 atom stereocenters. The molecule has 0 aliphatic carbocycles. The standard InChI is InChI=1S/C25H21FN2O4/c1-15-6-4-5-7-19(15)20-10-9-17(12-18(20)14-30-2)24-27-23(28-32-24)16-8-11-21(22(26)13-16)25(29)31-3/h4-13H,14H2,1-3H3. The van der Waals surface area contributed by atoms with E-state index in [0.29, 0.717) is 18.1 Å². The zero-order valence-electron chi connectivity index (χ0n) is 17.9. The van der Waals surface area contributed by atoms with Crippen molar-refractivity contribution < 1.29 is 23.2 Å². The van der Waals surface area contributed by atoms with E-state index in [1.54, 1.807) is 13.2 Å². The molecule has 0 saturated carbocycles. The van der Waals surface area contributed by atoms with Crippen LogP contribution in [0.1, 0.15) is 21.5 Å². The largest absolute Gasteiger partial charge is 0.465 e. The molecule has 6 nitrogen and oxygen atoms in total. The molecule has 0 fully saturated rings. The van der Waals surface area contributed by atoms with Crippen LogP contribution in [-0.4, -0.2) is 30.3 Å². The molecule has 0 bridgehead atoms. The molecule has 162 valence electrons. The number of ether oxygens (including phenoxy) is 2. The Balaban J connectivity index is 1.69. The molecule has 7 heteroatoms. The van der Waals surface area contributed by atoms with Gasteiger partial charge in [-0.1, -0.05) is 35.5 Å². The maximum atomic E-state index is 14.3. The Morgan fingerprint density at radius 3 is 2.50 bits per heavy atom. The molecular formula is C25H21FN2O4. The molecule has 0 aliphatic rings. The van der Waals surface area contributed by atoms with E-state index in [9.17, 15) is 9.18 Å². The predicted molar refractivity (Wildman–Crippen MR) is 117 cm³/mol. The van der Waals surface area contributed by atoms with Gasteiger partial charge in [-0.25, -0.2) is 9.18 Å². The third-order valence-electron chi connectivity index (χ3n) is 5.15. The smallest absolute Gasteiger partial charge is 0.340 e. The van der Waals surface area contributed by atoms with Crippen LogP contribution in [0.15, 0.2) is 65.2 Å². The summed E-state index contributed by atoms with van der Waals surface area (Å²) < 4.78 is 29.7. The lowest BCUT2D eigenvalue weighted by Gasteiger charge is -2.12. The summed E-state index contributed by atoms with van der Waals surface area (Å²) in [6, 6.07) is 18.0. The SMILES string of the molecule is COCc1cc(-c2nc(-c3ccc(C(=O)OC)c(F)c3)no2)ccc1-c1ccccc1C. The van der Waals surface area contributed by atoms with E-state index >= 15 is 0 Å². The van der Waals surface area contributed by atoms with E-state index in [0.717, 1.165) is 27.8 Å². The summed E-state index contributed by atoms with van der Waals surface area (Å²) >= 11 is 0. The highest BCUT2D eigenvalue weighted by atomic mass is 19.1. The van der Waals surface area contributed by atoms with Crippen LogP contribution in [-0.2, 0) is 16.1 Å². The first-order valence-electron chi connectivity index (χ1n) is 9.92. The minimum absolute atomic E-state index is 0.157. The van der Waals surface area contributed by atoms with Crippen LogP contribution in [0.5, 0.6) is 0 Å². The van der Waals surface area contributed by atoms with Gasteiger partial charge in [-0.2, -0.15) is 4.98 Å². The maximum Gasteiger partial charge on any atom is 0.340 e. The van der Waals surface area contributed by atoms with Gasteiger partial charge in [0.1, 0.15) is 5.82 Å². The van der Waals surface area contributed by atoms with Crippen LogP contribution >= 0.6 is 0 Å². The molecule has 0 aliphatic heterocycles. The van der Waals surface area contributed by atoms with Gasteiger partial charge in [0.05, 0.1) is 19.3 Å². The van der Waals surface area contributed by atoms with E-state index in [-0.39, 0.29) is 11.4 Å². The molecule has 32 heavy (non-hydrogen) atoms. The second-order valence-electron chi connectivity index (χ2n) is 7.23. The second-order valence-corrected chi connectivity index (χ2v) is 7.23. The Morgan fingerprint density at radius 1 is 1.00 bits per heavy atom. The number of benzene rings is 3. The van der Waals surface area contributed by atoms with Crippen molar-refractivity contribution in [2.24, 2.45) is 0 Å². The lowest BCUT2D eigenvalue weighted by Crippen LogP contribution is -2.04. The van der Waals surface area contributed by atoms with Crippen LogP contribution < -0.4 is 0 Å². The van der Waals surface area contributed by atoms with Crippen molar-refractivity contribution in [2.75, 3.05) is 14.2 Å². The Morgan fingerprint density at radius 2 is 1.78 bits per heavy atom. The fraction of sp³-hybridized carbons (Fsp3) is 0.160. The van der Waals surface area contributed by atoms with Crippen LogP contribution in [0.2, 0.25) is 0 Å². The van der Waals surface area contributed by atoms with Gasteiger partial charge in [-0.05, 0) is 59.5 Å². The number of hydrogen-bond donors (Lipinski definition) is 0. The van der Waals surface area contributed by atoms with E-state index in [4.69, 9.17) is 9.26 Å². The Labute approximate surface area is 184 Å². The van der Waals surface area contributed by atoms with Crippen LogP contribution in [0.4, 0.5) is 4.39 Å². The van der Waals surface area contributed by atoms with Gasteiger partial charge < -0.3 is 14.0 Å². The number of halogens is 1. The van der Waals surface area contributed by atoms with Crippen molar-refractivity contribution in [3.8, 4) is 34.0 Å². The molecule has 1 heterocycles. The van der Waals surface area contributed by atoms with E-state index in [1.807, 2.05) is 30.3 Å². The number of rotatable bonds is 6. The first kappa shape index (κ1) is 21.4.